The molecule has 126 valence electrons. The number of aromatic amines is 1. The minimum Gasteiger partial charge on any atom is -0.421 e. The van der Waals surface area contributed by atoms with E-state index in [9.17, 15) is 4.79 Å². The van der Waals surface area contributed by atoms with Gasteiger partial charge in [0.1, 0.15) is 5.82 Å². The molecule has 1 amide bonds. The van der Waals surface area contributed by atoms with E-state index in [0.29, 0.717) is 24.7 Å². The molecular formula is C17H15N5O2S. The molecule has 0 radical (unpaired) electrons. The van der Waals surface area contributed by atoms with E-state index in [0.717, 1.165) is 22.4 Å². The Balaban J connectivity index is 1.29. The Hall–Kier alpha value is -3.00. The van der Waals surface area contributed by atoms with Crippen LogP contribution in [0.1, 0.15) is 18.1 Å². The lowest BCUT2D eigenvalue weighted by molar-refractivity contribution is -0.121. The second-order valence-corrected chi connectivity index (χ2v) is 6.27. The highest BCUT2D eigenvalue weighted by atomic mass is 32.1. The van der Waals surface area contributed by atoms with E-state index < -0.39 is 0 Å². The van der Waals surface area contributed by atoms with Gasteiger partial charge in [-0.1, -0.05) is 12.1 Å². The van der Waals surface area contributed by atoms with Crippen molar-refractivity contribution < 1.29 is 9.21 Å². The summed E-state index contributed by atoms with van der Waals surface area (Å²) >= 11 is 1.57. The van der Waals surface area contributed by atoms with Gasteiger partial charge in [0, 0.05) is 23.8 Å². The molecule has 0 saturated carbocycles. The molecule has 0 unspecified atom stereocenters. The van der Waals surface area contributed by atoms with E-state index in [4.69, 9.17) is 4.42 Å². The summed E-state index contributed by atoms with van der Waals surface area (Å²) in [5.41, 5.74) is 2.75. The van der Waals surface area contributed by atoms with Gasteiger partial charge in [0.05, 0.1) is 17.6 Å². The number of thiophene rings is 1. The molecule has 2 N–H and O–H groups in total. The first kappa shape index (κ1) is 15.5. The normalized spacial score (nSPS) is 11.0. The molecule has 0 saturated heterocycles. The van der Waals surface area contributed by atoms with Crippen molar-refractivity contribution in [3.05, 3.63) is 52.8 Å². The molecule has 0 aliphatic carbocycles. The SMILES string of the molecule is O=C(CCc1nnc(-c2ccsc2)o1)NCc1nc2ccccc2[nH]1. The van der Waals surface area contributed by atoms with Crippen molar-refractivity contribution in [2.24, 2.45) is 0 Å². The lowest BCUT2D eigenvalue weighted by atomic mass is 10.3. The van der Waals surface area contributed by atoms with Gasteiger partial charge in [-0.15, -0.1) is 10.2 Å². The van der Waals surface area contributed by atoms with Crippen LogP contribution in [0.5, 0.6) is 0 Å². The number of fused-ring (bicyclic) bond motifs is 1. The number of nitrogens with one attached hydrogen (secondary N) is 2. The zero-order valence-corrected chi connectivity index (χ0v) is 14.0. The number of carbonyl (C=O) groups is 1. The minimum absolute atomic E-state index is 0.0873. The van der Waals surface area contributed by atoms with Gasteiger partial charge in [0.25, 0.3) is 0 Å². The van der Waals surface area contributed by atoms with Gasteiger partial charge < -0.3 is 14.7 Å². The Morgan fingerprint density at radius 3 is 3.00 bits per heavy atom. The lowest BCUT2D eigenvalue weighted by Gasteiger charge is -2.01. The van der Waals surface area contributed by atoms with Gasteiger partial charge in [-0.25, -0.2) is 4.98 Å². The molecule has 0 aliphatic rings. The van der Waals surface area contributed by atoms with Gasteiger partial charge in [-0.3, -0.25) is 4.79 Å². The van der Waals surface area contributed by atoms with Crippen molar-refractivity contribution in [3.63, 3.8) is 0 Å². The predicted molar refractivity (Wildman–Crippen MR) is 93.9 cm³/mol. The van der Waals surface area contributed by atoms with Crippen molar-refractivity contribution in [1.29, 1.82) is 0 Å². The summed E-state index contributed by atoms with van der Waals surface area (Å²) in [4.78, 5) is 19.6. The summed E-state index contributed by atoms with van der Waals surface area (Å²) in [6, 6.07) is 9.67. The van der Waals surface area contributed by atoms with Crippen molar-refractivity contribution in [2.45, 2.75) is 19.4 Å². The second-order valence-electron chi connectivity index (χ2n) is 5.49. The maximum Gasteiger partial charge on any atom is 0.248 e. The second kappa shape index (κ2) is 6.86. The zero-order valence-electron chi connectivity index (χ0n) is 13.2. The Morgan fingerprint density at radius 2 is 2.16 bits per heavy atom. The van der Waals surface area contributed by atoms with Crippen LogP contribution in [-0.2, 0) is 17.8 Å². The smallest absolute Gasteiger partial charge is 0.248 e. The van der Waals surface area contributed by atoms with Crippen molar-refractivity contribution in [3.8, 4) is 11.5 Å². The highest BCUT2D eigenvalue weighted by Crippen LogP contribution is 2.20. The van der Waals surface area contributed by atoms with Gasteiger partial charge in [0.15, 0.2) is 0 Å². The van der Waals surface area contributed by atoms with Crippen LogP contribution in [0, 0.1) is 0 Å². The first-order chi connectivity index (χ1) is 12.3. The number of imidazole rings is 1. The van der Waals surface area contributed by atoms with Crippen LogP contribution in [0.25, 0.3) is 22.5 Å². The third-order valence-corrected chi connectivity index (χ3v) is 4.38. The highest BCUT2D eigenvalue weighted by Gasteiger charge is 2.11. The molecule has 8 heteroatoms. The molecule has 0 fully saturated rings. The number of rotatable bonds is 6. The number of benzene rings is 1. The molecule has 0 aliphatic heterocycles. The molecule has 0 spiro atoms. The van der Waals surface area contributed by atoms with Crippen molar-refractivity contribution >= 4 is 28.3 Å². The van der Waals surface area contributed by atoms with Crippen molar-refractivity contribution in [2.75, 3.05) is 0 Å². The Morgan fingerprint density at radius 1 is 1.24 bits per heavy atom. The number of aromatic nitrogens is 4. The third kappa shape index (κ3) is 3.58. The van der Waals surface area contributed by atoms with E-state index in [1.165, 1.54) is 0 Å². The molecule has 4 aromatic rings. The van der Waals surface area contributed by atoms with Crippen LogP contribution in [0.2, 0.25) is 0 Å². The molecule has 25 heavy (non-hydrogen) atoms. The number of aryl methyl sites for hydroxylation is 1. The Bertz CT molecular complexity index is 956. The Kier molecular flexibility index (Phi) is 4.26. The first-order valence-electron chi connectivity index (χ1n) is 7.83. The fraction of sp³-hybridized carbons (Fsp3) is 0.176. The predicted octanol–water partition coefficient (Wildman–Crippen LogP) is 2.92. The van der Waals surface area contributed by atoms with Crippen LogP contribution in [0.3, 0.4) is 0 Å². The van der Waals surface area contributed by atoms with E-state index in [1.807, 2.05) is 41.1 Å². The number of H-pyrrole nitrogens is 1. The number of hydrogen-bond donors (Lipinski definition) is 2. The van der Waals surface area contributed by atoms with E-state index >= 15 is 0 Å². The number of hydrogen-bond acceptors (Lipinski definition) is 6. The zero-order chi connectivity index (χ0) is 17.1. The average Bonchev–Trinajstić information content (AvgIpc) is 3.37. The fourth-order valence-electron chi connectivity index (χ4n) is 2.44. The molecular weight excluding hydrogens is 338 g/mol. The quantitative estimate of drug-likeness (QED) is 0.555. The molecule has 0 atom stereocenters. The number of carbonyl (C=O) groups excluding carboxylic acids is 1. The maximum absolute atomic E-state index is 12.0. The van der Waals surface area contributed by atoms with Gasteiger partial charge in [0.2, 0.25) is 17.7 Å². The molecule has 0 bridgehead atoms. The average molecular weight is 353 g/mol. The molecule has 3 aromatic heterocycles. The third-order valence-electron chi connectivity index (χ3n) is 3.69. The maximum atomic E-state index is 12.0. The molecule has 4 rings (SSSR count). The summed E-state index contributed by atoms with van der Waals surface area (Å²) in [6.07, 6.45) is 0.689. The van der Waals surface area contributed by atoms with Crippen LogP contribution in [0.4, 0.5) is 0 Å². The first-order valence-corrected chi connectivity index (χ1v) is 8.77. The van der Waals surface area contributed by atoms with Gasteiger partial charge in [-0.2, -0.15) is 11.3 Å². The largest absolute Gasteiger partial charge is 0.421 e. The Labute approximate surface area is 147 Å². The molecule has 7 nitrogen and oxygen atoms in total. The van der Waals surface area contributed by atoms with Crippen LogP contribution >= 0.6 is 11.3 Å². The fourth-order valence-corrected chi connectivity index (χ4v) is 3.07. The summed E-state index contributed by atoms with van der Waals surface area (Å²) in [5, 5.41) is 14.7. The summed E-state index contributed by atoms with van der Waals surface area (Å²) in [5.74, 6) is 1.59. The number of para-hydroxylation sites is 2. The van der Waals surface area contributed by atoms with Crippen molar-refractivity contribution in [1.82, 2.24) is 25.5 Å². The topological polar surface area (TPSA) is 96.7 Å². The van der Waals surface area contributed by atoms with Gasteiger partial charge in [-0.05, 0) is 23.6 Å². The summed E-state index contributed by atoms with van der Waals surface area (Å²) in [6.45, 7) is 0.359. The summed E-state index contributed by atoms with van der Waals surface area (Å²) < 4.78 is 5.57. The molecule has 3 heterocycles. The highest BCUT2D eigenvalue weighted by molar-refractivity contribution is 7.08. The lowest BCUT2D eigenvalue weighted by Crippen LogP contribution is -2.23. The number of amides is 1. The standard InChI is InChI=1S/C17H15N5O2S/c23-15(18-9-14-19-12-3-1-2-4-13(12)20-14)5-6-16-21-22-17(24-16)11-7-8-25-10-11/h1-4,7-8,10H,5-6,9H2,(H,18,23)(H,19,20). The summed E-state index contributed by atoms with van der Waals surface area (Å²) in [7, 11) is 0. The van der Waals surface area contributed by atoms with Crippen LogP contribution in [-0.4, -0.2) is 26.1 Å². The van der Waals surface area contributed by atoms with Crippen LogP contribution in [0.15, 0.2) is 45.5 Å². The van der Waals surface area contributed by atoms with Gasteiger partial charge >= 0.3 is 0 Å². The van der Waals surface area contributed by atoms with E-state index in [1.54, 1.807) is 11.3 Å². The monoisotopic (exact) mass is 353 g/mol. The number of nitrogens with zero attached hydrogens (tertiary/aromatic N) is 3. The molecule has 1 aromatic carbocycles. The van der Waals surface area contributed by atoms with E-state index in [2.05, 4.69) is 25.5 Å². The van der Waals surface area contributed by atoms with E-state index in [-0.39, 0.29) is 12.3 Å². The minimum atomic E-state index is -0.0873. The van der Waals surface area contributed by atoms with Crippen LogP contribution < -0.4 is 5.32 Å².